The lowest BCUT2D eigenvalue weighted by Crippen LogP contribution is -2.42. The van der Waals surface area contributed by atoms with Crippen LogP contribution in [-0.2, 0) is 9.59 Å². The van der Waals surface area contributed by atoms with Crippen molar-refractivity contribution in [2.75, 3.05) is 18.4 Å². The van der Waals surface area contributed by atoms with Gasteiger partial charge >= 0.3 is 0 Å². The van der Waals surface area contributed by atoms with Crippen molar-refractivity contribution in [2.45, 2.75) is 66.2 Å². The summed E-state index contributed by atoms with van der Waals surface area (Å²) >= 11 is 0. The van der Waals surface area contributed by atoms with Crippen LogP contribution in [0.3, 0.4) is 0 Å². The number of benzene rings is 2. The minimum atomic E-state index is -0.210. The number of hydrogen-bond donors (Lipinski definition) is 1. The average molecular weight is 489 g/mol. The number of unbranched alkanes of at least 4 members (excludes halogenated alkanes) is 2. The topological polar surface area (TPSA) is 67.2 Å². The van der Waals surface area contributed by atoms with Crippen molar-refractivity contribution in [3.05, 3.63) is 66.2 Å². The van der Waals surface area contributed by atoms with Crippen LogP contribution in [0, 0.1) is 12.8 Å². The summed E-state index contributed by atoms with van der Waals surface area (Å²) < 4.78 is 1.76. The van der Waals surface area contributed by atoms with E-state index >= 15 is 0 Å². The second-order valence-electron chi connectivity index (χ2n) is 9.44. The third kappa shape index (κ3) is 7.30. The van der Waals surface area contributed by atoms with E-state index in [-0.39, 0.29) is 24.3 Å². The molecular formula is C30H40N4O2. The third-order valence-corrected chi connectivity index (χ3v) is 6.50. The molecule has 0 aliphatic rings. The summed E-state index contributed by atoms with van der Waals surface area (Å²) in [7, 11) is 0. The van der Waals surface area contributed by atoms with Gasteiger partial charge in [-0.25, -0.2) is 4.68 Å². The normalized spacial score (nSPS) is 11.8. The Morgan fingerprint density at radius 1 is 0.972 bits per heavy atom. The molecule has 0 fully saturated rings. The molecular weight excluding hydrogens is 448 g/mol. The molecule has 3 rings (SSSR count). The van der Waals surface area contributed by atoms with E-state index in [4.69, 9.17) is 5.10 Å². The number of nitrogens with zero attached hydrogens (tertiary/aromatic N) is 3. The molecule has 0 aliphatic heterocycles. The van der Waals surface area contributed by atoms with Crippen LogP contribution in [0.15, 0.2) is 60.7 Å². The predicted octanol–water partition coefficient (Wildman–Crippen LogP) is 6.63. The van der Waals surface area contributed by atoms with Crippen molar-refractivity contribution in [1.29, 1.82) is 0 Å². The van der Waals surface area contributed by atoms with E-state index in [1.165, 1.54) is 0 Å². The Hall–Kier alpha value is -3.41. The summed E-state index contributed by atoms with van der Waals surface area (Å²) in [6.07, 6.45) is 5.60. The van der Waals surface area contributed by atoms with Crippen molar-refractivity contribution in [3.8, 4) is 16.9 Å². The van der Waals surface area contributed by atoms with Gasteiger partial charge in [0.15, 0.2) is 0 Å². The van der Waals surface area contributed by atoms with Gasteiger partial charge in [-0.1, -0.05) is 88.1 Å². The van der Waals surface area contributed by atoms with Gasteiger partial charge in [0, 0.05) is 24.1 Å². The number of amides is 2. The first-order chi connectivity index (χ1) is 17.5. The molecule has 192 valence electrons. The highest BCUT2D eigenvalue weighted by Crippen LogP contribution is 2.25. The van der Waals surface area contributed by atoms with Gasteiger partial charge in [0.05, 0.1) is 17.9 Å². The zero-order chi connectivity index (χ0) is 25.9. The highest BCUT2D eigenvalue weighted by Gasteiger charge is 2.24. The molecule has 0 saturated heterocycles. The fourth-order valence-electron chi connectivity index (χ4n) is 4.29. The number of aryl methyl sites for hydroxylation is 1. The van der Waals surface area contributed by atoms with Gasteiger partial charge in [-0.05, 0) is 38.3 Å². The van der Waals surface area contributed by atoms with Crippen LogP contribution in [0.1, 0.15) is 64.9 Å². The van der Waals surface area contributed by atoms with E-state index in [0.29, 0.717) is 12.4 Å². The van der Waals surface area contributed by atoms with Gasteiger partial charge in [-0.3, -0.25) is 9.59 Å². The van der Waals surface area contributed by atoms with Crippen LogP contribution in [-0.4, -0.2) is 39.6 Å². The van der Waals surface area contributed by atoms with Crippen LogP contribution in [0.5, 0.6) is 0 Å². The monoisotopic (exact) mass is 488 g/mol. The van der Waals surface area contributed by atoms with Crippen LogP contribution in [0.2, 0.25) is 0 Å². The van der Waals surface area contributed by atoms with Crippen molar-refractivity contribution in [3.63, 3.8) is 0 Å². The molecule has 1 N–H and O–H groups in total. The van der Waals surface area contributed by atoms with E-state index in [9.17, 15) is 9.59 Å². The predicted molar refractivity (Wildman–Crippen MR) is 147 cm³/mol. The molecule has 0 saturated carbocycles. The van der Waals surface area contributed by atoms with E-state index in [1.807, 2.05) is 67.6 Å². The van der Waals surface area contributed by atoms with Crippen molar-refractivity contribution < 1.29 is 9.59 Å². The highest BCUT2D eigenvalue weighted by molar-refractivity contribution is 5.95. The molecule has 0 spiro atoms. The van der Waals surface area contributed by atoms with Crippen molar-refractivity contribution in [2.24, 2.45) is 5.92 Å². The third-order valence-electron chi connectivity index (χ3n) is 6.50. The Labute approximate surface area is 215 Å². The van der Waals surface area contributed by atoms with Gasteiger partial charge in [0.25, 0.3) is 0 Å². The quantitative estimate of drug-likeness (QED) is 0.294. The number of anilines is 1. The first-order valence-corrected chi connectivity index (χ1v) is 13.3. The molecule has 0 radical (unpaired) electrons. The SMILES string of the molecule is CCCCC(CC)C(=O)N(CCCC)CC(=O)Nc1cc(-c2ccccc2)nn1-c1ccc(C)cc1. The fraction of sp³-hybridized carbons (Fsp3) is 0.433. The van der Waals surface area contributed by atoms with Gasteiger partial charge in [-0.2, -0.15) is 5.10 Å². The second-order valence-corrected chi connectivity index (χ2v) is 9.44. The van der Waals surface area contributed by atoms with Crippen molar-refractivity contribution >= 4 is 17.6 Å². The van der Waals surface area contributed by atoms with Gasteiger partial charge in [-0.15, -0.1) is 0 Å². The summed E-state index contributed by atoms with van der Waals surface area (Å²) in [5, 5.41) is 7.84. The number of nitrogens with one attached hydrogen (secondary N) is 1. The zero-order valence-corrected chi connectivity index (χ0v) is 22.2. The molecule has 1 heterocycles. The lowest BCUT2D eigenvalue weighted by Gasteiger charge is -2.26. The van der Waals surface area contributed by atoms with Crippen LogP contribution >= 0.6 is 0 Å². The van der Waals surface area contributed by atoms with Crippen LogP contribution < -0.4 is 5.32 Å². The minimum Gasteiger partial charge on any atom is -0.333 e. The van der Waals surface area contributed by atoms with Crippen LogP contribution in [0.4, 0.5) is 5.82 Å². The molecule has 6 nitrogen and oxygen atoms in total. The van der Waals surface area contributed by atoms with E-state index in [1.54, 1.807) is 9.58 Å². The Morgan fingerprint density at radius 3 is 2.31 bits per heavy atom. The summed E-state index contributed by atoms with van der Waals surface area (Å²) in [6.45, 7) is 8.97. The lowest BCUT2D eigenvalue weighted by molar-refractivity contribution is -0.138. The maximum atomic E-state index is 13.3. The first kappa shape index (κ1) is 27.2. The standard InChI is InChI=1S/C30H40N4O2/c1-5-8-13-24(7-3)30(36)33(20-9-6-2)22-29(35)31-28-21-27(25-14-11-10-12-15-25)32-34(28)26-18-16-23(4)17-19-26/h10-12,14-19,21,24H,5-9,13,20,22H2,1-4H3,(H,31,35). The maximum absolute atomic E-state index is 13.3. The average Bonchev–Trinajstić information content (AvgIpc) is 3.31. The lowest BCUT2D eigenvalue weighted by atomic mass is 9.97. The zero-order valence-electron chi connectivity index (χ0n) is 22.2. The molecule has 2 aromatic carbocycles. The molecule has 1 atom stereocenters. The molecule has 1 unspecified atom stereocenters. The number of carbonyl (C=O) groups is 2. The van der Waals surface area contributed by atoms with E-state index < -0.39 is 0 Å². The Kier molecular flexibility index (Phi) is 10.3. The van der Waals surface area contributed by atoms with E-state index in [0.717, 1.165) is 61.0 Å². The highest BCUT2D eigenvalue weighted by atomic mass is 16.2. The van der Waals surface area contributed by atoms with Crippen molar-refractivity contribution in [1.82, 2.24) is 14.7 Å². The molecule has 1 aromatic heterocycles. The summed E-state index contributed by atoms with van der Waals surface area (Å²) in [5.74, 6) is 0.435. The molecule has 0 bridgehead atoms. The molecule has 2 amide bonds. The summed E-state index contributed by atoms with van der Waals surface area (Å²) in [6, 6.07) is 19.8. The Bertz CT molecular complexity index is 1110. The minimum absolute atomic E-state index is 0.0302. The number of carbonyl (C=O) groups excluding carboxylic acids is 2. The molecule has 0 aliphatic carbocycles. The first-order valence-electron chi connectivity index (χ1n) is 13.3. The number of rotatable bonds is 13. The molecule has 6 heteroatoms. The van der Waals surface area contributed by atoms with E-state index in [2.05, 4.69) is 26.1 Å². The number of hydrogen-bond acceptors (Lipinski definition) is 3. The number of aromatic nitrogens is 2. The summed E-state index contributed by atoms with van der Waals surface area (Å²) in [4.78, 5) is 28.3. The molecule has 36 heavy (non-hydrogen) atoms. The smallest absolute Gasteiger partial charge is 0.245 e. The van der Waals surface area contributed by atoms with Gasteiger partial charge in [0.2, 0.25) is 11.8 Å². The molecule has 3 aromatic rings. The van der Waals surface area contributed by atoms with Gasteiger partial charge < -0.3 is 10.2 Å². The maximum Gasteiger partial charge on any atom is 0.245 e. The van der Waals surface area contributed by atoms with Crippen LogP contribution in [0.25, 0.3) is 16.9 Å². The fourth-order valence-corrected chi connectivity index (χ4v) is 4.29. The van der Waals surface area contributed by atoms with Gasteiger partial charge in [0.1, 0.15) is 5.82 Å². The Balaban J connectivity index is 1.84. The second kappa shape index (κ2) is 13.6. The summed E-state index contributed by atoms with van der Waals surface area (Å²) in [5.41, 5.74) is 3.76. The Morgan fingerprint density at radius 2 is 1.67 bits per heavy atom. The largest absolute Gasteiger partial charge is 0.333 e.